The van der Waals surface area contributed by atoms with E-state index in [4.69, 9.17) is 19.7 Å². The van der Waals surface area contributed by atoms with Crippen molar-refractivity contribution in [1.29, 1.82) is 0 Å². The Morgan fingerprint density at radius 3 is 2.40 bits per heavy atom. The second-order valence-corrected chi connectivity index (χ2v) is 6.47. The van der Waals surface area contributed by atoms with E-state index < -0.39 is 28.8 Å². The largest absolute Gasteiger partial charge is 0.486 e. The third kappa shape index (κ3) is 3.04. The predicted octanol–water partition coefficient (Wildman–Crippen LogP) is -0.521. The van der Waals surface area contributed by atoms with Gasteiger partial charge in [0.2, 0.25) is 10.0 Å². The van der Waals surface area contributed by atoms with Crippen LogP contribution in [-0.2, 0) is 10.0 Å². The number of aliphatic hydroxyl groups is 2. The molecule has 1 aromatic rings. The smallest absolute Gasteiger partial charge is 0.241 e. The number of hydrogen-bond donors (Lipinski definition) is 3. The maximum Gasteiger partial charge on any atom is 0.241 e. The Morgan fingerprint density at radius 2 is 1.80 bits per heavy atom. The molecule has 0 bridgehead atoms. The lowest BCUT2D eigenvalue weighted by Crippen LogP contribution is -2.51. The van der Waals surface area contributed by atoms with Crippen molar-refractivity contribution in [1.82, 2.24) is 4.72 Å². The van der Waals surface area contributed by atoms with Crippen LogP contribution in [0.2, 0.25) is 0 Å². The molecule has 0 amide bonds. The lowest BCUT2D eigenvalue weighted by atomic mass is 10.1. The van der Waals surface area contributed by atoms with E-state index in [1.165, 1.54) is 25.1 Å². The van der Waals surface area contributed by atoms with Gasteiger partial charge in [0.1, 0.15) is 13.2 Å². The molecule has 0 spiro atoms. The fourth-order valence-electron chi connectivity index (χ4n) is 1.69. The molecule has 0 aliphatic carbocycles. The molecule has 0 aromatic heterocycles. The van der Waals surface area contributed by atoms with Crippen molar-refractivity contribution >= 4 is 10.0 Å². The highest BCUT2D eigenvalue weighted by Crippen LogP contribution is 2.32. The maximum absolute atomic E-state index is 12.2. The number of hydrogen-bond acceptors (Lipinski definition) is 6. The predicted molar refractivity (Wildman–Crippen MR) is 70.3 cm³/mol. The summed E-state index contributed by atoms with van der Waals surface area (Å²) >= 11 is 0. The lowest BCUT2D eigenvalue weighted by Gasteiger charge is -2.26. The number of fused-ring (bicyclic) bond motifs is 1. The van der Waals surface area contributed by atoms with Gasteiger partial charge in [-0.15, -0.1) is 0 Å². The Hall–Kier alpha value is -1.35. The minimum Gasteiger partial charge on any atom is -0.486 e. The number of rotatable bonds is 5. The fraction of sp³-hybridized carbons (Fsp3) is 0.500. The molecular weight excluding hydrogens is 286 g/mol. The molecule has 2 rings (SSSR count). The van der Waals surface area contributed by atoms with E-state index in [9.17, 15) is 8.42 Å². The zero-order valence-electron chi connectivity index (χ0n) is 11.0. The van der Waals surface area contributed by atoms with Crippen LogP contribution in [0.4, 0.5) is 0 Å². The molecular formula is C12H17NO6S. The molecule has 0 fully saturated rings. The first-order valence-electron chi connectivity index (χ1n) is 6.05. The maximum atomic E-state index is 12.2. The van der Waals surface area contributed by atoms with Crippen molar-refractivity contribution in [2.75, 3.05) is 26.4 Å². The summed E-state index contributed by atoms with van der Waals surface area (Å²) in [5.74, 6) is 0.844. The van der Waals surface area contributed by atoms with Gasteiger partial charge in [-0.2, -0.15) is 0 Å². The first-order chi connectivity index (χ1) is 9.40. The zero-order valence-corrected chi connectivity index (χ0v) is 11.8. The van der Waals surface area contributed by atoms with E-state index >= 15 is 0 Å². The van der Waals surface area contributed by atoms with Crippen LogP contribution >= 0.6 is 0 Å². The minimum absolute atomic E-state index is 0.0186. The Morgan fingerprint density at radius 1 is 1.20 bits per heavy atom. The molecule has 0 unspecified atom stereocenters. The van der Waals surface area contributed by atoms with Crippen LogP contribution in [0.5, 0.6) is 11.5 Å². The fourth-order valence-corrected chi connectivity index (χ4v) is 3.09. The molecule has 0 saturated carbocycles. The van der Waals surface area contributed by atoms with Crippen molar-refractivity contribution in [2.45, 2.75) is 17.4 Å². The van der Waals surface area contributed by atoms with Crippen molar-refractivity contribution in [2.24, 2.45) is 0 Å². The average Bonchev–Trinajstić information content (AvgIpc) is 2.46. The molecule has 20 heavy (non-hydrogen) atoms. The van der Waals surface area contributed by atoms with Gasteiger partial charge in [0, 0.05) is 6.07 Å². The van der Waals surface area contributed by atoms with Crippen LogP contribution in [0.1, 0.15) is 6.92 Å². The second-order valence-electron chi connectivity index (χ2n) is 4.79. The van der Waals surface area contributed by atoms with Crippen LogP contribution in [0.3, 0.4) is 0 Å². The van der Waals surface area contributed by atoms with Crippen LogP contribution in [0.15, 0.2) is 23.1 Å². The highest BCUT2D eigenvalue weighted by molar-refractivity contribution is 7.89. The van der Waals surface area contributed by atoms with Gasteiger partial charge in [0.25, 0.3) is 0 Å². The van der Waals surface area contributed by atoms with Gasteiger partial charge in [0.05, 0.1) is 23.6 Å². The average molecular weight is 303 g/mol. The normalized spacial score (nSPS) is 15.2. The van der Waals surface area contributed by atoms with Crippen molar-refractivity contribution in [3.63, 3.8) is 0 Å². The molecule has 8 heteroatoms. The van der Waals surface area contributed by atoms with Gasteiger partial charge < -0.3 is 19.7 Å². The Balaban J connectivity index is 2.30. The molecule has 3 N–H and O–H groups in total. The van der Waals surface area contributed by atoms with Gasteiger partial charge in [0.15, 0.2) is 11.5 Å². The molecule has 0 atom stereocenters. The number of benzene rings is 1. The molecule has 1 aliphatic rings. The molecule has 0 radical (unpaired) electrons. The van der Waals surface area contributed by atoms with Crippen LogP contribution in [0.25, 0.3) is 0 Å². The van der Waals surface area contributed by atoms with E-state index in [0.717, 1.165) is 0 Å². The second kappa shape index (κ2) is 5.57. The third-order valence-electron chi connectivity index (χ3n) is 2.90. The summed E-state index contributed by atoms with van der Waals surface area (Å²) in [6.07, 6.45) is 0. The number of aliphatic hydroxyl groups excluding tert-OH is 2. The standard InChI is InChI=1S/C12H17NO6S/c1-12(7-14,8-15)13-20(16,17)9-2-3-10-11(6-9)19-5-4-18-10/h2-3,6,13-15H,4-5,7-8H2,1H3. The topological polar surface area (TPSA) is 105 Å². The van der Waals surface area contributed by atoms with Gasteiger partial charge in [-0.3, -0.25) is 0 Å². The van der Waals surface area contributed by atoms with E-state index in [1.54, 1.807) is 0 Å². The van der Waals surface area contributed by atoms with Crippen molar-refractivity contribution in [3.05, 3.63) is 18.2 Å². The van der Waals surface area contributed by atoms with Gasteiger partial charge in [-0.1, -0.05) is 0 Å². The monoisotopic (exact) mass is 303 g/mol. The summed E-state index contributed by atoms with van der Waals surface area (Å²) in [5, 5.41) is 18.3. The van der Waals surface area contributed by atoms with Gasteiger partial charge in [-0.05, 0) is 19.1 Å². The zero-order chi connectivity index (χ0) is 14.8. The quantitative estimate of drug-likeness (QED) is 0.676. The minimum atomic E-state index is -3.88. The molecule has 7 nitrogen and oxygen atoms in total. The lowest BCUT2D eigenvalue weighted by molar-refractivity contribution is 0.121. The highest BCUT2D eigenvalue weighted by Gasteiger charge is 2.30. The first kappa shape index (κ1) is 15.0. The van der Waals surface area contributed by atoms with Crippen molar-refractivity contribution < 1.29 is 28.1 Å². The van der Waals surface area contributed by atoms with Crippen LogP contribution < -0.4 is 14.2 Å². The van der Waals surface area contributed by atoms with Gasteiger partial charge in [-0.25, -0.2) is 13.1 Å². The number of ether oxygens (including phenoxy) is 2. The number of sulfonamides is 1. The number of nitrogens with one attached hydrogen (secondary N) is 1. The summed E-state index contributed by atoms with van der Waals surface area (Å²) in [6.45, 7) is 1.14. The molecule has 1 heterocycles. The SMILES string of the molecule is CC(CO)(CO)NS(=O)(=O)c1ccc2c(c1)OCCO2. The van der Waals surface area contributed by atoms with E-state index in [2.05, 4.69) is 4.72 Å². The highest BCUT2D eigenvalue weighted by atomic mass is 32.2. The van der Waals surface area contributed by atoms with E-state index in [-0.39, 0.29) is 4.90 Å². The molecule has 112 valence electrons. The van der Waals surface area contributed by atoms with Crippen LogP contribution in [0, 0.1) is 0 Å². The summed E-state index contributed by atoms with van der Waals surface area (Å²) in [6, 6.07) is 4.25. The summed E-state index contributed by atoms with van der Waals surface area (Å²) in [5.41, 5.74) is -1.33. The Kier molecular flexibility index (Phi) is 4.19. The first-order valence-corrected chi connectivity index (χ1v) is 7.54. The Bertz CT molecular complexity index is 582. The molecule has 1 aliphatic heterocycles. The molecule has 1 aromatic carbocycles. The van der Waals surface area contributed by atoms with E-state index in [1.807, 2.05) is 0 Å². The summed E-state index contributed by atoms with van der Waals surface area (Å²) < 4.78 is 37.4. The summed E-state index contributed by atoms with van der Waals surface area (Å²) in [7, 11) is -3.88. The Labute approximate surface area is 117 Å². The summed E-state index contributed by atoms with van der Waals surface area (Å²) in [4.78, 5) is -0.0186. The van der Waals surface area contributed by atoms with Crippen LogP contribution in [-0.4, -0.2) is 50.6 Å². The molecule has 0 saturated heterocycles. The van der Waals surface area contributed by atoms with E-state index in [0.29, 0.717) is 24.7 Å². The van der Waals surface area contributed by atoms with Crippen molar-refractivity contribution in [3.8, 4) is 11.5 Å². The van der Waals surface area contributed by atoms with Gasteiger partial charge >= 0.3 is 0 Å². The third-order valence-corrected chi connectivity index (χ3v) is 4.54.